The summed E-state index contributed by atoms with van der Waals surface area (Å²) in [7, 11) is -1.67. The van der Waals surface area contributed by atoms with E-state index in [1.165, 1.54) is 0 Å². The van der Waals surface area contributed by atoms with Gasteiger partial charge in [-0.3, -0.25) is 4.90 Å². The molecule has 1 amide bonds. The highest BCUT2D eigenvalue weighted by Crippen LogP contribution is 2.20. The number of rotatable bonds is 2. The van der Waals surface area contributed by atoms with Crippen LogP contribution < -0.4 is 0 Å². The van der Waals surface area contributed by atoms with Gasteiger partial charge in [0, 0.05) is 13.0 Å². The Kier molecular flexibility index (Phi) is 4.61. The van der Waals surface area contributed by atoms with Crippen molar-refractivity contribution in [1.29, 1.82) is 0 Å². The molecule has 1 rings (SSSR count). The van der Waals surface area contributed by atoms with Crippen LogP contribution in [-0.4, -0.2) is 37.7 Å². The molecule has 5 heteroatoms. The van der Waals surface area contributed by atoms with Gasteiger partial charge in [-0.1, -0.05) is 12.2 Å². The fourth-order valence-electron chi connectivity index (χ4n) is 1.68. The predicted octanol–water partition coefficient (Wildman–Crippen LogP) is 3.36. The van der Waals surface area contributed by atoms with E-state index in [2.05, 4.69) is 25.7 Å². The topological polar surface area (TPSA) is 38.8 Å². The Hall–Kier alpha value is -0.813. The molecule has 4 nitrogen and oxygen atoms in total. The van der Waals surface area contributed by atoms with Crippen molar-refractivity contribution in [2.24, 2.45) is 0 Å². The molecule has 0 radical (unpaired) electrons. The Morgan fingerprint density at radius 1 is 1.28 bits per heavy atom. The summed E-state index contributed by atoms with van der Waals surface area (Å²) < 4.78 is 11.5. The normalized spacial score (nSPS) is 21.0. The Balaban J connectivity index is 2.71. The lowest BCUT2D eigenvalue weighted by molar-refractivity contribution is -0.0201. The first-order valence-corrected chi connectivity index (χ1v) is 9.82. The SMILES string of the molecule is CC(C)(C)OC(=O)N1CC=CCC1O[Si](C)(C)C. The highest BCUT2D eigenvalue weighted by molar-refractivity contribution is 6.69. The number of amides is 1. The summed E-state index contributed by atoms with van der Waals surface area (Å²) in [5.41, 5.74) is -0.470. The summed E-state index contributed by atoms with van der Waals surface area (Å²) in [5.74, 6) is 0. The lowest BCUT2D eigenvalue weighted by Crippen LogP contribution is -2.49. The quantitative estimate of drug-likeness (QED) is 0.571. The van der Waals surface area contributed by atoms with Crippen molar-refractivity contribution in [1.82, 2.24) is 4.90 Å². The maximum absolute atomic E-state index is 12.1. The summed E-state index contributed by atoms with van der Waals surface area (Å²) in [6.45, 7) is 12.6. The average Bonchev–Trinajstić information content (AvgIpc) is 2.12. The van der Waals surface area contributed by atoms with Gasteiger partial charge < -0.3 is 9.16 Å². The van der Waals surface area contributed by atoms with E-state index in [1.54, 1.807) is 4.90 Å². The molecule has 0 bridgehead atoms. The molecule has 0 aliphatic carbocycles. The monoisotopic (exact) mass is 271 g/mol. The van der Waals surface area contributed by atoms with Crippen LogP contribution in [0.25, 0.3) is 0 Å². The summed E-state index contributed by atoms with van der Waals surface area (Å²) in [4.78, 5) is 13.8. The smallest absolute Gasteiger partial charge is 0.412 e. The van der Waals surface area contributed by atoms with E-state index in [4.69, 9.17) is 9.16 Å². The summed E-state index contributed by atoms with van der Waals surface area (Å²) >= 11 is 0. The molecule has 0 fully saturated rings. The number of carbonyl (C=O) groups is 1. The Labute approximate surface area is 111 Å². The van der Waals surface area contributed by atoms with Crippen molar-refractivity contribution in [2.75, 3.05) is 6.54 Å². The number of hydrogen-bond acceptors (Lipinski definition) is 3. The van der Waals surface area contributed by atoms with Gasteiger partial charge in [-0.2, -0.15) is 0 Å². The molecule has 1 aliphatic rings. The first kappa shape index (κ1) is 15.2. The first-order valence-electron chi connectivity index (χ1n) is 6.41. The molecular formula is C13H25NO3Si. The van der Waals surface area contributed by atoms with Crippen molar-refractivity contribution < 1.29 is 14.0 Å². The fourth-order valence-corrected chi connectivity index (χ4v) is 2.72. The van der Waals surface area contributed by atoms with Crippen LogP contribution in [0.3, 0.4) is 0 Å². The number of nitrogens with zero attached hydrogens (tertiary/aromatic N) is 1. The van der Waals surface area contributed by atoms with Gasteiger partial charge in [0.25, 0.3) is 0 Å². The van der Waals surface area contributed by atoms with Crippen LogP contribution >= 0.6 is 0 Å². The lowest BCUT2D eigenvalue weighted by atomic mass is 10.2. The molecular weight excluding hydrogens is 246 g/mol. The van der Waals surface area contributed by atoms with Crippen molar-refractivity contribution in [2.45, 2.75) is 58.7 Å². The van der Waals surface area contributed by atoms with E-state index in [-0.39, 0.29) is 12.3 Å². The van der Waals surface area contributed by atoms with Gasteiger partial charge in [0.2, 0.25) is 0 Å². The van der Waals surface area contributed by atoms with Crippen molar-refractivity contribution in [3.05, 3.63) is 12.2 Å². The Bertz CT molecular complexity index is 328. The maximum Gasteiger partial charge on any atom is 0.412 e. The maximum atomic E-state index is 12.1. The second kappa shape index (κ2) is 5.44. The van der Waals surface area contributed by atoms with Gasteiger partial charge >= 0.3 is 6.09 Å². The lowest BCUT2D eigenvalue weighted by Gasteiger charge is -2.37. The molecule has 0 aromatic carbocycles. The van der Waals surface area contributed by atoms with Crippen LogP contribution in [-0.2, 0) is 9.16 Å². The molecule has 0 saturated carbocycles. The van der Waals surface area contributed by atoms with E-state index >= 15 is 0 Å². The highest BCUT2D eigenvalue weighted by Gasteiger charge is 2.32. The average molecular weight is 271 g/mol. The largest absolute Gasteiger partial charge is 0.444 e. The van der Waals surface area contributed by atoms with Gasteiger partial charge in [0.05, 0.1) is 0 Å². The molecule has 1 aliphatic heterocycles. The second-order valence-electron chi connectivity index (χ2n) is 6.52. The first-order chi connectivity index (χ1) is 8.08. The minimum Gasteiger partial charge on any atom is -0.444 e. The van der Waals surface area contributed by atoms with E-state index in [0.29, 0.717) is 6.54 Å². The van der Waals surface area contributed by atoms with E-state index in [1.807, 2.05) is 26.8 Å². The van der Waals surface area contributed by atoms with Gasteiger partial charge in [-0.05, 0) is 40.4 Å². The van der Waals surface area contributed by atoms with E-state index in [0.717, 1.165) is 6.42 Å². The molecule has 0 N–H and O–H groups in total. The van der Waals surface area contributed by atoms with Gasteiger partial charge in [0.15, 0.2) is 8.32 Å². The molecule has 0 saturated heterocycles. The van der Waals surface area contributed by atoms with Gasteiger partial charge in [-0.15, -0.1) is 0 Å². The standard InChI is InChI=1S/C13H25NO3Si/c1-13(2,3)16-12(15)14-10-8-7-9-11(14)17-18(4,5)6/h7-8,11H,9-10H2,1-6H3. The minimum atomic E-state index is -1.67. The third-order valence-electron chi connectivity index (χ3n) is 2.27. The second-order valence-corrected chi connectivity index (χ2v) is 11.0. The van der Waals surface area contributed by atoms with Crippen LogP contribution in [0, 0.1) is 0 Å². The Morgan fingerprint density at radius 2 is 1.89 bits per heavy atom. The molecule has 1 atom stereocenters. The van der Waals surface area contributed by atoms with Gasteiger partial charge in [-0.25, -0.2) is 4.79 Å². The zero-order chi connectivity index (χ0) is 14.0. The molecule has 1 unspecified atom stereocenters. The summed E-state index contributed by atoms with van der Waals surface area (Å²) in [6, 6.07) is 0. The molecule has 0 aromatic heterocycles. The minimum absolute atomic E-state index is 0.184. The highest BCUT2D eigenvalue weighted by atomic mass is 28.4. The van der Waals surface area contributed by atoms with Gasteiger partial charge in [0.1, 0.15) is 11.8 Å². The van der Waals surface area contributed by atoms with Crippen LogP contribution in [0.4, 0.5) is 4.79 Å². The van der Waals surface area contributed by atoms with Crippen molar-refractivity contribution >= 4 is 14.4 Å². The van der Waals surface area contributed by atoms with Crippen LogP contribution in [0.1, 0.15) is 27.2 Å². The fraction of sp³-hybridized carbons (Fsp3) is 0.769. The van der Waals surface area contributed by atoms with Crippen LogP contribution in [0.2, 0.25) is 19.6 Å². The third kappa shape index (κ3) is 5.22. The van der Waals surface area contributed by atoms with E-state index < -0.39 is 13.9 Å². The molecule has 0 spiro atoms. The number of carbonyl (C=O) groups excluding carboxylic acids is 1. The van der Waals surface area contributed by atoms with E-state index in [9.17, 15) is 4.79 Å². The molecule has 104 valence electrons. The molecule has 0 aromatic rings. The van der Waals surface area contributed by atoms with Crippen LogP contribution in [0.5, 0.6) is 0 Å². The summed E-state index contributed by atoms with van der Waals surface area (Å²) in [6.07, 6.45) is 4.30. The predicted molar refractivity (Wildman–Crippen MR) is 74.9 cm³/mol. The van der Waals surface area contributed by atoms with Crippen LogP contribution in [0.15, 0.2) is 12.2 Å². The molecule has 18 heavy (non-hydrogen) atoms. The number of hydrogen-bond donors (Lipinski definition) is 0. The zero-order valence-corrected chi connectivity index (χ0v) is 13.3. The molecule has 1 heterocycles. The summed E-state index contributed by atoms with van der Waals surface area (Å²) in [5, 5.41) is 0. The number of ether oxygens (including phenoxy) is 1. The third-order valence-corrected chi connectivity index (χ3v) is 3.25. The van der Waals surface area contributed by atoms with Crippen molar-refractivity contribution in [3.63, 3.8) is 0 Å². The Morgan fingerprint density at radius 3 is 2.39 bits per heavy atom. The zero-order valence-electron chi connectivity index (χ0n) is 12.3. The van der Waals surface area contributed by atoms with Crippen molar-refractivity contribution in [3.8, 4) is 0 Å².